The van der Waals surface area contributed by atoms with Crippen LogP contribution in [0.25, 0.3) is 0 Å². The van der Waals surface area contributed by atoms with E-state index in [1.165, 1.54) is 25.7 Å². The third-order valence-corrected chi connectivity index (χ3v) is 2.93. The molecular weight excluding hydrogens is 162 g/mol. The summed E-state index contributed by atoms with van der Waals surface area (Å²) in [6.07, 6.45) is 5.48. The van der Waals surface area contributed by atoms with E-state index >= 15 is 0 Å². The largest absolute Gasteiger partial charge is 0.283 e. The summed E-state index contributed by atoms with van der Waals surface area (Å²) in [6, 6.07) is 0.773. The van der Waals surface area contributed by atoms with E-state index in [0.717, 1.165) is 17.8 Å². The summed E-state index contributed by atoms with van der Waals surface area (Å²) >= 11 is 8.50. The third kappa shape index (κ3) is 2.07. The molecule has 0 spiro atoms. The average molecular weight is 177 g/mol. The van der Waals surface area contributed by atoms with Gasteiger partial charge in [-0.2, -0.15) is 25.3 Å². The van der Waals surface area contributed by atoms with Crippen molar-refractivity contribution in [2.75, 3.05) is 11.8 Å². The molecule has 3 heteroatoms. The molecule has 0 amide bonds. The molecule has 1 fully saturated rings. The van der Waals surface area contributed by atoms with Gasteiger partial charge in [0, 0.05) is 17.8 Å². The smallest absolute Gasteiger partial charge is 0.0425 e. The molecule has 0 aromatic heterocycles. The van der Waals surface area contributed by atoms with Crippen molar-refractivity contribution < 1.29 is 0 Å². The molecule has 0 atom stereocenters. The summed E-state index contributed by atoms with van der Waals surface area (Å²) in [5.74, 6) is 1.71. The number of nitrogens with zero attached hydrogens (tertiary/aromatic N) is 1. The number of rotatable bonds is 3. The Morgan fingerprint density at radius 3 is 2.00 bits per heavy atom. The molecule has 1 aliphatic rings. The molecule has 0 aromatic rings. The zero-order valence-electron chi connectivity index (χ0n) is 6.16. The molecule has 0 aromatic carbocycles. The molecule has 1 nitrogen and oxygen atoms in total. The van der Waals surface area contributed by atoms with Crippen molar-refractivity contribution in [3.63, 3.8) is 0 Å². The van der Waals surface area contributed by atoms with Crippen LogP contribution in [0.1, 0.15) is 25.7 Å². The van der Waals surface area contributed by atoms with E-state index in [2.05, 4.69) is 30.2 Å². The topological polar surface area (TPSA) is 3.24 Å². The van der Waals surface area contributed by atoms with Gasteiger partial charge in [0.1, 0.15) is 0 Å². The van der Waals surface area contributed by atoms with Gasteiger partial charge < -0.3 is 0 Å². The molecule has 1 aliphatic carbocycles. The van der Waals surface area contributed by atoms with Crippen LogP contribution in [0.15, 0.2) is 0 Å². The summed E-state index contributed by atoms with van der Waals surface area (Å²) in [4.78, 5) is 2.32. The molecule has 0 bridgehead atoms. The van der Waals surface area contributed by atoms with Crippen LogP contribution in [0.3, 0.4) is 0 Å². The Morgan fingerprint density at radius 1 is 1.10 bits per heavy atom. The molecule has 0 aliphatic heterocycles. The van der Waals surface area contributed by atoms with Gasteiger partial charge in [-0.1, -0.05) is 12.8 Å². The summed E-state index contributed by atoms with van der Waals surface area (Å²) in [5, 5.41) is 0. The summed E-state index contributed by atoms with van der Waals surface area (Å²) in [7, 11) is 0. The molecule has 0 radical (unpaired) electrons. The van der Waals surface area contributed by atoms with Gasteiger partial charge in [-0.25, -0.2) is 0 Å². The van der Waals surface area contributed by atoms with Gasteiger partial charge in [0.05, 0.1) is 0 Å². The van der Waals surface area contributed by atoms with Gasteiger partial charge in [0.25, 0.3) is 0 Å². The van der Waals surface area contributed by atoms with Gasteiger partial charge >= 0.3 is 0 Å². The molecule has 10 heavy (non-hydrogen) atoms. The van der Waals surface area contributed by atoms with Crippen molar-refractivity contribution in [3.05, 3.63) is 0 Å². The highest BCUT2D eigenvalue weighted by atomic mass is 32.1. The highest BCUT2D eigenvalue weighted by Crippen LogP contribution is 2.23. The first-order chi connectivity index (χ1) is 4.88. The van der Waals surface area contributed by atoms with Crippen LogP contribution in [0.5, 0.6) is 0 Å². The van der Waals surface area contributed by atoms with Crippen LogP contribution in [0.4, 0.5) is 0 Å². The van der Waals surface area contributed by atoms with Crippen LogP contribution in [-0.2, 0) is 0 Å². The van der Waals surface area contributed by atoms with Crippen molar-refractivity contribution >= 4 is 25.3 Å². The quantitative estimate of drug-likeness (QED) is 0.493. The summed E-state index contributed by atoms with van der Waals surface area (Å²) < 4.78 is 0. The Labute approximate surface area is 74.0 Å². The fraction of sp³-hybridized carbons (Fsp3) is 1.00. The van der Waals surface area contributed by atoms with Gasteiger partial charge in [-0.3, -0.25) is 4.90 Å². The highest BCUT2D eigenvalue weighted by Gasteiger charge is 2.19. The molecule has 1 rings (SSSR count). The molecule has 1 saturated carbocycles. The lowest BCUT2D eigenvalue weighted by Gasteiger charge is -2.24. The molecule has 0 heterocycles. The SMILES string of the molecule is SCN(CS)C1CCCC1. The zero-order valence-corrected chi connectivity index (χ0v) is 7.95. The van der Waals surface area contributed by atoms with E-state index in [1.54, 1.807) is 0 Å². The maximum atomic E-state index is 4.25. The van der Waals surface area contributed by atoms with Crippen LogP contribution >= 0.6 is 25.3 Å². The van der Waals surface area contributed by atoms with Crippen molar-refractivity contribution in [2.45, 2.75) is 31.7 Å². The van der Waals surface area contributed by atoms with Crippen LogP contribution in [0, 0.1) is 0 Å². The van der Waals surface area contributed by atoms with E-state index in [9.17, 15) is 0 Å². The van der Waals surface area contributed by atoms with Crippen molar-refractivity contribution in [1.82, 2.24) is 4.90 Å². The molecule has 0 unspecified atom stereocenters. The van der Waals surface area contributed by atoms with Crippen LogP contribution in [-0.4, -0.2) is 22.7 Å². The second-order valence-electron chi connectivity index (χ2n) is 2.81. The minimum atomic E-state index is 0.773. The Hall–Kier alpha value is 0.660. The van der Waals surface area contributed by atoms with Crippen molar-refractivity contribution in [2.24, 2.45) is 0 Å². The Kier molecular flexibility index (Phi) is 3.96. The summed E-state index contributed by atoms with van der Waals surface area (Å²) in [5.41, 5.74) is 0. The second kappa shape index (κ2) is 4.52. The first-order valence-corrected chi connectivity index (χ1v) is 5.10. The lowest BCUT2D eigenvalue weighted by molar-refractivity contribution is 0.277. The normalized spacial score (nSPS) is 20.7. The maximum absolute atomic E-state index is 4.25. The lowest BCUT2D eigenvalue weighted by Crippen LogP contribution is -2.30. The number of thiol groups is 2. The molecular formula is C7H15NS2. The van der Waals surface area contributed by atoms with E-state index in [-0.39, 0.29) is 0 Å². The Morgan fingerprint density at radius 2 is 1.60 bits per heavy atom. The first kappa shape index (κ1) is 8.75. The van der Waals surface area contributed by atoms with E-state index in [0.29, 0.717) is 0 Å². The maximum Gasteiger partial charge on any atom is 0.0425 e. The van der Waals surface area contributed by atoms with Gasteiger partial charge in [0.15, 0.2) is 0 Å². The molecule has 60 valence electrons. The standard InChI is InChI=1S/C7H15NS2/c9-5-8(6-10)7-3-1-2-4-7/h7,9-10H,1-6H2. The fourth-order valence-corrected chi connectivity index (χ4v) is 2.36. The van der Waals surface area contributed by atoms with Crippen molar-refractivity contribution in [3.8, 4) is 0 Å². The number of hydrogen-bond donors (Lipinski definition) is 2. The first-order valence-electron chi connectivity index (χ1n) is 3.84. The zero-order chi connectivity index (χ0) is 7.40. The summed E-state index contributed by atoms with van der Waals surface area (Å²) in [6.45, 7) is 0. The fourth-order valence-electron chi connectivity index (χ4n) is 1.55. The minimum Gasteiger partial charge on any atom is -0.283 e. The Bertz CT molecular complexity index is 87.6. The predicted octanol–water partition coefficient (Wildman–Crippen LogP) is 2.01. The lowest BCUT2D eigenvalue weighted by atomic mass is 10.2. The Balaban J connectivity index is 2.29. The van der Waals surface area contributed by atoms with Gasteiger partial charge in [-0.15, -0.1) is 0 Å². The monoisotopic (exact) mass is 177 g/mol. The van der Waals surface area contributed by atoms with Gasteiger partial charge in [-0.05, 0) is 12.8 Å². The third-order valence-electron chi connectivity index (χ3n) is 2.20. The molecule has 0 saturated heterocycles. The van der Waals surface area contributed by atoms with E-state index in [1.807, 2.05) is 0 Å². The average Bonchev–Trinajstić information content (AvgIpc) is 2.43. The van der Waals surface area contributed by atoms with Crippen LogP contribution < -0.4 is 0 Å². The minimum absolute atomic E-state index is 0.773. The van der Waals surface area contributed by atoms with Crippen molar-refractivity contribution in [1.29, 1.82) is 0 Å². The van der Waals surface area contributed by atoms with Gasteiger partial charge in [0.2, 0.25) is 0 Å². The predicted molar refractivity (Wildman–Crippen MR) is 51.8 cm³/mol. The van der Waals surface area contributed by atoms with E-state index < -0.39 is 0 Å². The van der Waals surface area contributed by atoms with Crippen LogP contribution in [0.2, 0.25) is 0 Å². The van der Waals surface area contributed by atoms with E-state index in [4.69, 9.17) is 0 Å². The number of hydrogen-bond acceptors (Lipinski definition) is 3. The second-order valence-corrected chi connectivity index (χ2v) is 3.38. The highest BCUT2D eigenvalue weighted by molar-refractivity contribution is 7.81. The molecule has 0 N–H and O–H groups in total.